The lowest BCUT2D eigenvalue weighted by Gasteiger charge is -2.32. The molecular formula is C16H21N3O2. The maximum Gasteiger partial charge on any atom is 0.225 e. The van der Waals surface area contributed by atoms with Gasteiger partial charge >= 0.3 is 0 Å². The molecule has 0 bridgehead atoms. The number of carbonyl (C=O) groups excluding carboxylic acids is 2. The molecule has 2 heterocycles. The van der Waals surface area contributed by atoms with E-state index < -0.39 is 0 Å². The van der Waals surface area contributed by atoms with E-state index in [1.807, 2.05) is 18.2 Å². The molecule has 3 rings (SSSR count). The number of amides is 2. The maximum atomic E-state index is 12.4. The number of nitrogens with zero attached hydrogens (tertiary/aromatic N) is 1. The summed E-state index contributed by atoms with van der Waals surface area (Å²) in [5.74, 6) is 0.210. The van der Waals surface area contributed by atoms with Crippen LogP contribution >= 0.6 is 0 Å². The predicted molar refractivity (Wildman–Crippen MR) is 80.9 cm³/mol. The smallest absolute Gasteiger partial charge is 0.225 e. The van der Waals surface area contributed by atoms with E-state index in [2.05, 4.69) is 16.7 Å². The van der Waals surface area contributed by atoms with Crippen molar-refractivity contribution < 1.29 is 9.59 Å². The minimum Gasteiger partial charge on any atom is -0.384 e. The fourth-order valence-corrected chi connectivity index (χ4v) is 3.08. The number of likely N-dealkylation sites (N-methyl/N-ethyl adjacent to an activating group) is 1. The topological polar surface area (TPSA) is 61.4 Å². The Morgan fingerprint density at radius 1 is 1.38 bits per heavy atom. The van der Waals surface area contributed by atoms with Gasteiger partial charge in [-0.15, -0.1) is 0 Å². The minimum atomic E-state index is -0.0390. The Balaban J connectivity index is 1.58. The lowest BCUT2D eigenvalue weighted by atomic mass is 9.92. The molecule has 1 aromatic carbocycles. The average Bonchev–Trinajstić information content (AvgIpc) is 2.50. The molecule has 0 aliphatic carbocycles. The van der Waals surface area contributed by atoms with Crippen LogP contribution in [0.3, 0.4) is 0 Å². The fraction of sp³-hybridized carbons (Fsp3) is 0.500. The van der Waals surface area contributed by atoms with Crippen LogP contribution in [0.2, 0.25) is 0 Å². The van der Waals surface area contributed by atoms with E-state index >= 15 is 0 Å². The van der Waals surface area contributed by atoms with Crippen LogP contribution in [0.4, 0.5) is 5.69 Å². The summed E-state index contributed by atoms with van der Waals surface area (Å²) >= 11 is 0. The second-order valence-electron chi connectivity index (χ2n) is 5.96. The Kier molecular flexibility index (Phi) is 3.82. The van der Waals surface area contributed by atoms with Crippen LogP contribution in [0.1, 0.15) is 18.4 Å². The van der Waals surface area contributed by atoms with Gasteiger partial charge in [-0.25, -0.2) is 0 Å². The molecule has 0 spiro atoms. The monoisotopic (exact) mass is 287 g/mol. The zero-order valence-electron chi connectivity index (χ0n) is 12.3. The third kappa shape index (κ3) is 3.01. The molecule has 0 saturated carbocycles. The molecule has 0 aromatic heterocycles. The number of likely N-dealkylation sites (tertiary alicyclic amines) is 1. The SMILES string of the molecule is CN1CC(NC(=O)C2CNc3ccccc3C2)CCC1=O. The summed E-state index contributed by atoms with van der Waals surface area (Å²) in [6.45, 7) is 1.28. The highest BCUT2D eigenvalue weighted by Gasteiger charge is 2.28. The molecule has 2 N–H and O–H groups in total. The van der Waals surface area contributed by atoms with Crippen LogP contribution in [-0.2, 0) is 16.0 Å². The summed E-state index contributed by atoms with van der Waals surface area (Å²) < 4.78 is 0. The van der Waals surface area contributed by atoms with Crippen molar-refractivity contribution in [2.24, 2.45) is 5.92 Å². The predicted octanol–water partition coefficient (Wildman–Crippen LogP) is 1.01. The summed E-state index contributed by atoms with van der Waals surface area (Å²) in [6, 6.07) is 8.20. The summed E-state index contributed by atoms with van der Waals surface area (Å²) in [4.78, 5) is 25.6. The van der Waals surface area contributed by atoms with E-state index in [-0.39, 0.29) is 23.8 Å². The normalized spacial score (nSPS) is 25.0. The highest BCUT2D eigenvalue weighted by molar-refractivity contribution is 5.82. The maximum absolute atomic E-state index is 12.4. The molecule has 2 unspecified atom stereocenters. The molecular weight excluding hydrogens is 266 g/mol. The summed E-state index contributed by atoms with van der Waals surface area (Å²) in [5, 5.41) is 6.42. The number of piperidine rings is 1. The highest BCUT2D eigenvalue weighted by Crippen LogP contribution is 2.24. The number of hydrogen-bond acceptors (Lipinski definition) is 3. The molecule has 2 aliphatic heterocycles. The zero-order chi connectivity index (χ0) is 14.8. The van der Waals surface area contributed by atoms with E-state index in [1.165, 1.54) is 5.56 Å². The van der Waals surface area contributed by atoms with Crippen molar-refractivity contribution in [1.82, 2.24) is 10.2 Å². The van der Waals surface area contributed by atoms with Crippen molar-refractivity contribution >= 4 is 17.5 Å². The van der Waals surface area contributed by atoms with E-state index in [0.717, 1.165) is 18.5 Å². The fourth-order valence-electron chi connectivity index (χ4n) is 3.08. The minimum absolute atomic E-state index is 0.0390. The van der Waals surface area contributed by atoms with Crippen molar-refractivity contribution in [1.29, 1.82) is 0 Å². The highest BCUT2D eigenvalue weighted by atomic mass is 16.2. The first kappa shape index (κ1) is 13.9. The van der Waals surface area contributed by atoms with Gasteiger partial charge in [-0.3, -0.25) is 9.59 Å². The van der Waals surface area contributed by atoms with E-state index in [1.54, 1.807) is 11.9 Å². The molecule has 21 heavy (non-hydrogen) atoms. The number of carbonyl (C=O) groups is 2. The number of nitrogens with one attached hydrogen (secondary N) is 2. The second kappa shape index (κ2) is 5.76. The number of benzene rings is 1. The van der Waals surface area contributed by atoms with Gasteiger partial charge < -0.3 is 15.5 Å². The molecule has 2 atom stereocenters. The van der Waals surface area contributed by atoms with Crippen LogP contribution in [0, 0.1) is 5.92 Å². The van der Waals surface area contributed by atoms with Crippen LogP contribution in [-0.4, -0.2) is 42.9 Å². The van der Waals surface area contributed by atoms with Crippen molar-refractivity contribution in [2.75, 3.05) is 25.5 Å². The average molecular weight is 287 g/mol. The first-order valence-electron chi connectivity index (χ1n) is 7.49. The molecule has 5 heteroatoms. The lowest BCUT2D eigenvalue weighted by Crippen LogP contribution is -2.51. The van der Waals surface area contributed by atoms with Crippen molar-refractivity contribution in [2.45, 2.75) is 25.3 Å². The zero-order valence-corrected chi connectivity index (χ0v) is 12.3. The first-order chi connectivity index (χ1) is 10.1. The molecule has 5 nitrogen and oxygen atoms in total. The van der Waals surface area contributed by atoms with E-state index in [4.69, 9.17) is 0 Å². The number of anilines is 1. The standard InChI is InChI=1S/C16H21N3O2/c1-19-10-13(6-7-15(19)20)18-16(21)12-8-11-4-2-3-5-14(11)17-9-12/h2-5,12-13,17H,6-10H2,1H3,(H,18,21). The third-order valence-electron chi connectivity index (χ3n) is 4.37. The van der Waals surface area contributed by atoms with Crippen LogP contribution < -0.4 is 10.6 Å². The summed E-state index contributed by atoms with van der Waals surface area (Å²) in [7, 11) is 1.79. The molecule has 112 valence electrons. The third-order valence-corrected chi connectivity index (χ3v) is 4.37. The van der Waals surface area contributed by atoms with Gasteiger partial charge in [0.05, 0.1) is 5.92 Å². The Bertz CT molecular complexity index is 558. The largest absolute Gasteiger partial charge is 0.384 e. The second-order valence-corrected chi connectivity index (χ2v) is 5.96. The number of para-hydroxylation sites is 1. The Labute approximate surface area is 124 Å². The van der Waals surface area contributed by atoms with Gasteiger partial charge in [0.25, 0.3) is 0 Å². The lowest BCUT2D eigenvalue weighted by molar-refractivity contribution is -0.134. The van der Waals surface area contributed by atoms with Gasteiger partial charge in [-0.05, 0) is 24.5 Å². The van der Waals surface area contributed by atoms with Crippen molar-refractivity contribution in [3.8, 4) is 0 Å². The summed E-state index contributed by atoms with van der Waals surface area (Å²) in [5.41, 5.74) is 2.32. The number of hydrogen-bond donors (Lipinski definition) is 2. The molecule has 0 radical (unpaired) electrons. The van der Waals surface area contributed by atoms with Gasteiger partial charge in [0.1, 0.15) is 0 Å². The van der Waals surface area contributed by atoms with Gasteiger partial charge in [0.15, 0.2) is 0 Å². The first-order valence-corrected chi connectivity index (χ1v) is 7.49. The van der Waals surface area contributed by atoms with Crippen molar-refractivity contribution in [3.05, 3.63) is 29.8 Å². The molecule has 1 fully saturated rings. The Hall–Kier alpha value is -2.04. The summed E-state index contributed by atoms with van der Waals surface area (Å²) in [6.07, 6.45) is 2.04. The van der Waals surface area contributed by atoms with Crippen LogP contribution in [0.5, 0.6) is 0 Å². The number of rotatable bonds is 2. The molecule has 2 amide bonds. The molecule has 2 aliphatic rings. The van der Waals surface area contributed by atoms with E-state index in [9.17, 15) is 9.59 Å². The Morgan fingerprint density at radius 2 is 2.19 bits per heavy atom. The van der Waals surface area contributed by atoms with Crippen LogP contribution in [0.15, 0.2) is 24.3 Å². The van der Waals surface area contributed by atoms with Gasteiger partial charge in [0, 0.05) is 38.3 Å². The van der Waals surface area contributed by atoms with Gasteiger partial charge in [0.2, 0.25) is 11.8 Å². The number of fused-ring (bicyclic) bond motifs is 1. The van der Waals surface area contributed by atoms with Crippen molar-refractivity contribution in [3.63, 3.8) is 0 Å². The van der Waals surface area contributed by atoms with Crippen LogP contribution in [0.25, 0.3) is 0 Å². The molecule has 1 aromatic rings. The van der Waals surface area contributed by atoms with E-state index in [0.29, 0.717) is 19.5 Å². The Morgan fingerprint density at radius 3 is 3.00 bits per heavy atom. The van der Waals surface area contributed by atoms with Gasteiger partial charge in [-0.1, -0.05) is 18.2 Å². The quantitative estimate of drug-likeness (QED) is 0.853. The molecule has 1 saturated heterocycles. The van der Waals surface area contributed by atoms with Gasteiger partial charge in [-0.2, -0.15) is 0 Å².